The van der Waals surface area contributed by atoms with Gasteiger partial charge in [-0.15, -0.1) is 0 Å². The van der Waals surface area contributed by atoms with Gasteiger partial charge in [-0.3, -0.25) is 0 Å². The first-order valence-corrected chi connectivity index (χ1v) is 15.8. The molecule has 206 valence electrons. The van der Waals surface area contributed by atoms with E-state index in [1.54, 1.807) is 0 Å². The van der Waals surface area contributed by atoms with Crippen molar-refractivity contribution >= 4 is 0 Å². The smallest absolute Gasteiger partial charge is 0.0208 e. The third-order valence-electron chi connectivity index (χ3n) is 9.36. The van der Waals surface area contributed by atoms with Gasteiger partial charge in [-0.25, -0.2) is 0 Å². The minimum atomic E-state index is 0.668. The first kappa shape index (κ1) is 29.7. The molecule has 2 fully saturated rings. The van der Waals surface area contributed by atoms with Gasteiger partial charge in [-0.05, 0) is 95.7 Å². The zero-order chi connectivity index (χ0) is 25.4. The third kappa shape index (κ3) is 10.8. The molecule has 1 atom stereocenters. The van der Waals surface area contributed by atoms with Gasteiger partial charge >= 0.3 is 0 Å². The van der Waals surface area contributed by atoms with Gasteiger partial charge in [0.25, 0.3) is 0 Å². The molecule has 2 aliphatic heterocycles. The highest BCUT2D eigenvalue weighted by Crippen LogP contribution is 2.39. The van der Waals surface area contributed by atoms with E-state index < -0.39 is 0 Å². The van der Waals surface area contributed by atoms with Crippen LogP contribution in [0.5, 0.6) is 0 Å². The number of hydrogen-bond donors (Lipinski definition) is 1. The fraction of sp³-hybridized carbons (Fsp3) is 0.818. The lowest BCUT2D eigenvalue weighted by Gasteiger charge is -2.45. The molecular formula is C33H59N3. The normalized spacial score (nSPS) is 19.8. The monoisotopic (exact) mass is 497 g/mol. The Morgan fingerprint density at radius 2 is 1.17 bits per heavy atom. The average molecular weight is 498 g/mol. The molecule has 0 bridgehead atoms. The molecule has 0 aliphatic carbocycles. The molecule has 0 spiro atoms. The van der Waals surface area contributed by atoms with Gasteiger partial charge in [0.15, 0.2) is 0 Å². The molecule has 0 aromatic heterocycles. The minimum absolute atomic E-state index is 0.668. The summed E-state index contributed by atoms with van der Waals surface area (Å²) in [4.78, 5) is 5.10. The zero-order valence-corrected chi connectivity index (χ0v) is 24.2. The van der Waals surface area contributed by atoms with Crippen molar-refractivity contribution in [2.75, 3.05) is 40.3 Å². The Morgan fingerprint density at radius 3 is 1.67 bits per heavy atom. The van der Waals surface area contributed by atoms with Crippen LogP contribution in [0.3, 0.4) is 0 Å². The number of unbranched alkanes of at least 4 members (excludes halogenated alkanes) is 9. The first-order valence-electron chi connectivity index (χ1n) is 15.8. The first-order chi connectivity index (χ1) is 17.7. The van der Waals surface area contributed by atoms with Crippen molar-refractivity contribution in [3.63, 3.8) is 0 Å². The summed E-state index contributed by atoms with van der Waals surface area (Å²) < 4.78 is 0. The predicted molar refractivity (Wildman–Crippen MR) is 157 cm³/mol. The molecule has 3 heteroatoms. The SMILES string of the molecule is CCCCCCCCCCCCC(NCc1ccccc1)C(C1CCN(C)CC1)C1CCN(C)CC1. The minimum Gasteiger partial charge on any atom is -0.310 e. The molecule has 0 saturated carbocycles. The van der Waals surface area contributed by atoms with Gasteiger partial charge in [0.2, 0.25) is 0 Å². The van der Waals surface area contributed by atoms with Crippen LogP contribution in [0.15, 0.2) is 30.3 Å². The molecule has 1 aromatic rings. The molecule has 3 nitrogen and oxygen atoms in total. The predicted octanol–water partition coefficient (Wildman–Crippen LogP) is 7.76. The Hall–Kier alpha value is -0.900. The summed E-state index contributed by atoms with van der Waals surface area (Å²) in [5.41, 5.74) is 1.44. The molecular weight excluding hydrogens is 438 g/mol. The van der Waals surface area contributed by atoms with E-state index in [1.165, 1.54) is 128 Å². The number of hydrogen-bond acceptors (Lipinski definition) is 3. The lowest BCUT2D eigenvalue weighted by Crippen LogP contribution is -2.48. The number of nitrogens with one attached hydrogen (secondary N) is 1. The maximum absolute atomic E-state index is 4.16. The van der Waals surface area contributed by atoms with Gasteiger partial charge in [-0.2, -0.15) is 0 Å². The van der Waals surface area contributed by atoms with E-state index in [0.717, 1.165) is 24.3 Å². The van der Waals surface area contributed by atoms with E-state index >= 15 is 0 Å². The van der Waals surface area contributed by atoms with Gasteiger partial charge in [0.1, 0.15) is 0 Å². The lowest BCUT2D eigenvalue weighted by molar-refractivity contribution is 0.0628. The van der Waals surface area contributed by atoms with E-state index in [9.17, 15) is 0 Å². The molecule has 0 amide bonds. The quantitative estimate of drug-likeness (QED) is 0.222. The van der Waals surface area contributed by atoms with Gasteiger partial charge in [0, 0.05) is 12.6 Å². The van der Waals surface area contributed by atoms with Crippen molar-refractivity contribution in [1.29, 1.82) is 0 Å². The maximum Gasteiger partial charge on any atom is 0.0208 e. The summed E-state index contributed by atoms with van der Waals surface area (Å²) in [7, 11) is 4.63. The van der Waals surface area contributed by atoms with Crippen LogP contribution in [0.1, 0.15) is 109 Å². The fourth-order valence-electron chi connectivity index (χ4n) is 7.00. The summed E-state index contributed by atoms with van der Waals surface area (Å²) in [6.45, 7) is 8.49. The van der Waals surface area contributed by atoms with E-state index in [0.29, 0.717) is 6.04 Å². The van der Waals surface area contributed by atoms with E-state index in [4.69, 9.17) is 0 Å². The molecule has 2 aliphatic rings. The van der Waals surface area contributed by atoms with Crippen LogP contribution in [0.2, 0.25) is 0 Å². The van der Waals surface area contributed by atoms with Crippen LogP contribution < -0.4 is 5.32 Å². The summed E-state index contributed by atoms with van der Waals surface area (Å²) >= 11 is 0. The van der Waals surface area contributed by atoms with Crippen molar-refractivity contribution in [2.24, 2.45) is 17.8 Å². The second kappa shape index (κ2) is 17.6. The Labute approximate surface area is 224 Å². The molecule has 2 saturated heterocycles. The average Bonchev–Trinajstić information content (AvgIpc) is 2.90. The molecule has 1 unspecified atom stereocenters. The Morgan fingerprint density at radius 1 is 0.694 bits per heavy atom. The third-order valence-corrected chi connectivity index (χ3v) is 9.36. The van der Waals surface area contributed by atoms with E-state index in [2.05, 4.69) is 66.5 Å². The summed E-state index contributed by atoms with van der Waals surface area (Å²) in [5, 5.41) is 4.16. The standard InChI is InChI=1S/C33H59N3/c1-4-5-6-7-8-9-10-11-12-16-19-32(34-28-29-17-14-13-15-18-29)33(30-20-24-35(2)25-21-30)31-22-26-36(3)27-23-31/h13-15,17-18,30-34H,4-12,16,19-28H2,1-3H3. The second-order valence-electron chi connectivity index (χ2n) is 12.3. The topological polar surface area (TPSA) is 18.5 Å². The van der Waals surface area contributed by atoms with Crippen LogP contribution in [0, 0.1) is 17.8 Å². The van der Waals surface area contributed by atoms with Crippen LogP contribution in [-0.4, -0.2) is 56.1 Å². The highest BCUT2D eigenvalue weighted by atomic mass is 15.1. The lowest BCUT2D eigenvalue weighted by atomic mass is 9.68. The zero-order valence-electron chi connectivity index (χ0n) is 24.2. The number of benzene rings is 1. The highest BCUT2D eigenvalue weighted by Gasteiger charge is 2.37. The van der Waals surface area contributed by atoms with Crippen molar-refractivity contribution in [2.45, 2.75) is 116 Å². The van der Waals surface area contributed by atoms with Crippen molar-refractivity contribution < 1.29 is 0 Å². The molecule has 0 radical (unpaired) electrons. The largest absolute Gasteiger partial charge is 0.310 e. The van der Waals surface area contributed by atoms with Crippen LogP contribution in [-0.2, 0) is 6.54 Å². The van der Waals surface area contributed by atoms with Crippen molar-refractivity contribution in [3.05, 3.63) is 35.9 Å². The van der Waals surface area contributed by atoms with E-state index in [1.807, 2.05) is 0 Å². The summed E-state index contributed by atoms with van der Waals surface area (Å²) in [5.74, 6) is 2.63. The molecule has 3 rings (SSSR count). The highest BCUT2D eigenvalue weighted by molar-refractivity contribution is 5.14. The number of nitrogens with zero attached hydrogens (tertiary/aromatic N) is 2. The Bertz CT molecular complexity index is 624. The number of rotatable bonds is 17. The fourth-order valence-corrected chi connectivity index (χ4v) is 7.00. The van der Waals surface area contributed by atoms with E-state index in [-0.39, 0.29) is 0 Å². The van der Waals surface area contributed by atoms with Crippen LogP contribution >= 0.6 is 0 Å². The van der Waals surface area contributed by atoms with Crippen LogP contribution in [0.4, 0.5) is 0 Å². The van der Waals surface area contributed by atoms with Gasteiger partial charge in [-0.1, -0.05) is 101 Å². The number of likely N-dealkylation sites (tertiary alicyclic amines) is 2. The second-order valence-corrected chi connectivity index (χ2v) is 12.3. The molecule has 1 N–H and O–H groups in total. The van der Waals surface area contributed by atoms with Crippen LogP contribution in [0.25, 0.3) is 0 Å². The maximum atomic E-state index is 4.16. The Balaban J connectivity index is 1.56. The molecule has 2 heterocycles. The molecule has 1 aromatic carbocycles. The van der Waals surface area contributed by atoms with Crippen molar-refractivity contribution in [3.8, 4) is 0 Å². The Kier molecular flexibility index (Phi) is 14.5. The van der Waals surface area contributed by atoms with Gasteiger partial charge in [0.05, 0.1) is 0 Å². The number of piperidine rings is 2. The summed E-state index contributed by atoms with van der Waals surface area (Å²) in [6.07, 6.45) is 21.2. The van der Waals surface area contributed by atoms with Crippen molar-refractivity contribution in [1.82, 2.24) is 15.1 Å². The summed E-state index contributed by atoms with van der Waals surface area (Å²) in [6, 6.07) is 11.8. The van der Waals surface area contributed by atoms with Gasteiger partial charge < -0.3 is 15.1 Å². The molecule has 36 heavy (non-hydrogen) atoms.